The molecule has 0 radical (unpaired) electrons. The third kappa shape index (κ3) is 3.70. The van der Waals surface area contributed by atoms with Crippen molar-refractivity contribution in [1.29, 1.82) is 0 Å². The van der Waals surface area contributed by atoms with Gasteiger partial charge in [-0.2, -0.15) is 4.98 Å². The zero-order chi connectivity index (χ0) is 12.0. The van der Waals surface area contributed by atoms with E-state index in [1.54, 1.807) is 6.26 Å². The van der Waals surface area contributed by atoms with Crippen LogP contribution in [0.15, 0.2) is 23.3 Å². The molecule has 0 atom stereocenters. The third-order valence-corrected chi connectivity index (χ3v) is 2.23. The molecule has 1 heterocycles. The Morgan fingerprint density at radius 1 is 1.62 bits per heavy atom. The minimum atomic E-state index is 0.454. The topological polar surface area (TPSA) is 41.3 Å². The fourth-order valence-corrected chi connectivity index (χ4v) is 1.33. The molecular formula is C12H21N3O. The Bertz CT molecular complexity index is 320. The SMILES string of the molecule is C=CCN(CC)c1nc(CNC(C)C)co1. The Kier molecular flexibility index (Phi) is 5.05. The van der Waals surface area contributed by atoms with Crippen molar-refractivity contribution >= 4 is 6.01 Å². The highest BCUT2D eigenvalue weighted by Crippen LogP contribution is 2.13. The zero-order valence-electron chi connectivity index (χ0n) is 10.4. The van der Waals surface area contributed by atoms with E-state index in [1.165, 1.54) is 0 Å². The van der Waals surface area contributed by atoms with E-state index in [1.807, 2.05) is 11.0 Å². The van der Waals surface area contributed by atoms with Gasteiger partial charge in [0.1, 0.15) is 6.26 Å². The Labute approximate surface area is 97.3 Å². The predicted octanol–water partition coefficient (Wildman–Crippen LogP) is 2.18. The number of hydrogen-bond acceptors (Lipinski definition) is 4. The molecular weight excluding hydrogens is 202 g/mol. The van der Waals surface area contributed by atoms with Crippen molar-refractivity contribution < 1.29 is 4.42 Å². The molecule has 0 spiro atoms. The molecule has 0 unspecified atom stereocenters. The fraction of sp³-hybridized carbons (Fsp3) is 0.583. The average Bonchev–Trinajstić information content (AvgIpc) is 2.71. The van der Waals surface area contributed by atoms with Gasteiger partial charge in [-0.25, -0.2) is 0 Å². The van der Waals surface area contributed by atoms with Gasteiger partial charge in [0.05, 0.1) is 5.69 Å². The lowest BCUT2D eigenvalue weighted by molar-refractivity contribution is 0.538. The van der Waals surface area contributed by atoms with Gasteiger partial charge in [-0.3, -0.25) is 0 Å². The minimum Gasteiger partial charge on any atom is -0.432 e. The van der Waals surface area contributed by atoms with Gasteiger partial charge >= 0.3 is 0 Å². The maximum absolute atomic E-state index is 5.43. The number of likely N-dealkylation sites (N-methyl/N-ethyl adjacent to an activating group) is 1. The van der Waals surface area contributed by atoms with Crippen molar-refractivity contribution in [2.45, 2.75) is 33.4 Å². The summed E-state index contributed by atoms with van der Waals surface area (Å²) in [5.41, 5.74) is 0.936. The van der Waals surface area contributed by atoms with Crippen molar-refractivity contribution in [2.75, 3.05) is 18.0 Å². The molecule has 0 aromatic carbocycles. The number of nitrogens with zero attached hydrogens (tertiary/aromatic N) is 2. The molecule has 1 aromatic heterocycles. The molecule has 0 fully saturated rings. The number of anilines is 1. The highest BCUT2D eigenvalue weighted by atomic mass is 16.4. The molecule has 1 N–H and O–H groups in total. The van der Waals surface area contributed by atoms with E-state index in [0.717, 1.165) is 25.3 Å². The van der Waals surface area contributed by atoms with Gasteiger partial charge in [-0.1, -0.05) is 19.9 Å². The summed E-state index contributed by atoms with van der Waals surface area (Å²) in [5.74, 6) is 0. The second kappa shape index (κ2) is 6.33. The highest BCUT2D eigenvalue weighted by molar-refractivity contribution is 5.27. The van der Waals surface area contributed by atoms with Crippen LogP contribution in [-0.4, -0.2) is 24.1 Å². The molecule has 0 saturated carbocycles. The van der Waals surface area contributed by atoms with E-state index in [0.29, 0.717) is 12.1 Å². The van der Waals surface area contributed by atoms with Crippen LogP contribution in [0.25, 0.3) is 0 Å². The smallest absolute Gasteiger partial charge is 0.297 e. The molecule has 4 nitrogen and oxygen atoms in total. The van der Waals surface area contributed by atoms with Gasteiger partial charge in [-0.05, 0) is 6.92 Å². The van der Waals surface area contributed by atoms with Crippen molar-refractivity contribution in [3.05, 3.63) is 24.6 Å². The lowest BCUT2D eigenvalue weighted by Crippen LogP contribution is -2.24. The monoisotopic (exact) mass is 223 g/mol. The summed E-state index contributed by atoms with van der Waals surface area (Å²) in [5, 5.41) is 3.30. The second-order valence-corrected chi connectivity index (χ2v) is 3.98. The van der Waals surface area contributed by atoms with Crippen LogP contribution in [0.2, 0.25) is 0 Å². The lowest BCUT2D eigenvalue weighted by atomic mass is 10.4. The van der Waals surface area contributed by atoms with E-state index in [2.05, 4.69) is 37.7 Å². The number of nitrogens with one attached hydrogen (secondary N) is 1. The molecule has 90 valence electrons. The summed E-state index contributed by atoms with van der Waals surface area (Å²) >= 11 is 0. The maximum Gasteiger partial charge on any atom is 0.297 e. The van der Waals surface area contributed by atoms with Crippen molar-refractivity contribution in [1.82, 2.24) is 10.3 Å². The van der Waals surface area contributed by atoms with Gasteiger partial charge in [0.25, 0.3) is 6.01 Å². The van der Waals surface area contributed by atoms with Crippen LogP contribution in [0.1, 0.15) is 26.5 Å². The molecule has 4 heteroatoms. The largest absolute Gasteiger partial charge is 0.432 e. The van der Waals surface area contributed by atoms with E-state index < -0.39 is 0 Å². The molecule has 0 bridgehead atoms. The van der Waals surface area contributed by atoms with Crippen molar-refractivity contribution in [3.63, 3.8) is 0 Å². The molecule has 1 aromatic rings. The van der Waals surface area contributed by atoms with Crippen LogP contribution in [0.3, 0.4) is 0 Å². The summed E-state index contributed by atoms with van der Waals surface area (Å²) < 4.78 is 5.43. The summed E-state index contributed by atoms with van der Waals surface area (Å²) in [6.07, 6.45) is 3.55. The van der Waals surface area contributed by atoms with Crippen LogP contribution in [0.4, 0.5) is 6.01 Å². The predicted molar refractivity (Wildman–Crippen MR) is 66.6 cm³/mol. The van der Waals surface area contributed by atoms with Gasteiger partial charge in [0.15, 0.2) is 0 Å². The average molecular weight is 223 g/mol. The first-order valence-corrected chi connectivity index (χ1v) is 5.71. The molecule has 16 heavy (non-hydrogen) atoms. The molecule has 0 aliphatic rings. The lowest BCUT2D eigenvalue weighted by Gasteiger charge is -2.15. The van der Waals surface area contributed by atoms with Gasteiger partial charge in [0, 0.05) is 25.7 Å². The Morgan fingerprint density at radius 2 is 2.38 bits per heavy atom. The summed E-state index contributed by atoms with van der Waals surface area (Å²) in [4.78, 5) is 6.45. The van der Waals surface area contributed by atoms with Gasteiger partial charge < -0.3 is 14.6 Å². The summed E-state index contributed by atoms with van der Waals surface area (Å²) in [7, 11) is 0. The van der Waals surface area contributed by atoms with Crippen LogP contribution < -0.4 is 10.2 Å². The number of rotatable bonds is 7. The van der Waals surface area contributed by atoms with Crippen molar-refractivity contribution in [3.8, 4) is 0 Å². The Balaban J connectivity index is 2.58. The molecule has 0 saturated heterocycles. The minimum absolute atomic E-state index is 0.454. The number of hydrogen-bond donors (Lipinski definition) is 1. The molecule has 0 aliphatic heterocycles. The molecule has 0 aliphatic carbocycles. The highest BCUT2D eigenvalue weighted by Gasteiger charge is 2.09. The summed E-state index contributed by atoms with van der Waals surface area (Å²) in [6.45, 7) is 12.4. The maximum atomic E-state index is 5.43. The first-order chi connectivity index (χ1) is 7.67. The Morgan fingerprint density at radius 3 is 2.94 bits per heavy atom. The van der Waals surface area contributed by atoms with Crippen LogP contribution in [0.5, 0.6) is 0 Å². The fourth-order valence-electron chi connectivity index (χ4n) is 1.33. The molecule has 0 amide bonds. The van der Waals surface area contributed by atoms with E-state index in [-0.39, 0.29) is 0 Å². The zero-order valence-corrected chi connectivity index (χ0v) is 10.4. The van der Waals surface area contributed by atoms with Gasteiger partial charge in [0.2, 0.25) is 0 Å². The third-order valence-electron chi connectivity index (χ3n) is 2.23. The van der Waals surface area contributed by atoms with E-state index >= 15 is 0 Å². The Hall–Kier alpha value is -1.29. The van der Waals surface area contributed by atoms with Crippen molar-refractivity contribution in [2.24, 2.45) is 0 Å². The molecule has 1 rings (SSSR count). The second-order valence-electron chi connectivity index (χ2n) is 3.98. The summed E-state index contributed by atoms with van der Waals surface area (Å²) in [6, 6.07) is 1.12. The standard InChI is InChI=1S/C12H21N3O/c1-5-7-15(6-2)12-14-11(9-16-12)8-13-10(3)4/h5,9-10,13H,1,6-8H2,2-4H3. The van der Waals surface area contributed by atoms with Crippen LogP contribution in [0, 0.1) is 0 Å². The van der Waals surface area contributed by atoms with Crippen LogP contribution in [-0.2, 0) is 6.54 Å². The van der Waals surface area contributed by atoms with E-state index in [9.17, 15) is 0 Å². The van der Waals surface area contributed by atoms with Gasteiger partial charge in [-0.15, -0.1) is 6.58 Å². The van der Waals surface area contributed by atoms with E-state index in [4.69, 9.17) is 4.42 Å². The first-order valence-electron chi connectivity index (χ1n) is 5.71. The normalized spacial score (nSPS) is 10.8. The first kappa shape index (κ1) is 12.8. The van der Waals surface area contributed by atoms with Crippen LogP contribution >= 0.6 is 0 Å². The quantitative estimate of drug-likeness (QED) is 0.719. The number of oxazole rings is 1. The number of aromatic nitrogens is 1.